The number of carbonyl (C=O) groups excluding carboxylic acids is 1. The van der Waals surface area contributed by atoms with Crippen molar-refractivity contribution in [2.45, 2.75) is 32.6 Å². The number of amides is 1. The third-order valence-electron chi connectivity index (χ3n) is 4.31. The fourth-order valence-corrected chi connectivity index (χ4v) is 3.78. The number of aromatic nitrogens is 1. The van der Waals surface area contributed by atoms with Crippen LogP contribution in [0.3, 0.4) is 0 Å². The Balaban J connectivity index is 1.54. The van der Waals surface area contributed by atoms with Gasteiger partial charge in [-0.2, -0.15) is 0 Å². The second-order valence-electron chi connectivity index (χ2n) is 6.19. The van der Waals surface area contributed by atoms with Crippen LogP contribution in [0.1, 0.15) is 35.5 Å². The highest BCUT2D eigenvalue weighted by molar-refractivity contribution is 7.99. The van der Waals surface area contributed by atoms with Crippen LogP contribution in [-0.4, -0.2) is 16.8 Å². The van der Waals surface area contributed by atoms with Gasteiger partial charge < -0.3 is 9.84 Å². The van der Waals surface area contributed by atoms with Crippen molar-refractivity contribution in [2.24, 2.45) is 0 Å². The predicted octanol–water partition coefficient (Wildman–Crippen LogP) is 4.56. The summed E-state index contributed by atoms with van der Waals surface area (Å²) in [6, 6.07) is 14.5. The standard InChI is InChI=1S/C20H22N2O2S/c1-13(17-9-8-16-6-4-5-7-18(16)10-17)21-20(23)12-25-11-19-14(2)22-24-15(19)3/h4-10,13H,11-12H2,1-3H3,(H,21,23)/t13-/m1/s1. The number of hydrogen-bond donors (Lipinski definition) is 1. The maximum absolute atomic E-state index is 12.2. The van der Waals surface area contributed by atoms with Gasteiger partial charge in [0.15, 0.2) is 0 Å². The highest BCUT2D eigenvalue weighted by Gasteiger charge is 2.12. The molecule has 130 valence electrons. The molecular weight excluding hydrogens is 332 g/mol. The van der Waals surface area contributed by atoms with E-state index < -0.39 is 0 Å². The van der Waals surface area contributed by atoms with E-state index in [1.54, 1.807) is 11.8 Å². The lowest BCUT2D eigenvalue weighted by molar-refractivity contribution is -0.119. The Morgan fingerprint density at radius 3 is 2.68 bits per heavy atom. The Morgan fingerprint density at radius 2 is 1.96 bits per heavy atom. The van der Waals surface area contributed by atoms with Gasteiger partial charge in [0.05, 0.1) is 17.5 Å². The van der Waals surface area contributed by atoms with E-state index in [0.717, 1.165) is 28.3 Å². The van der Waals surface area contributed by atoms with E-state index in [2.05, 4.69) is 40.8 Å². The van der Waals surface area contributed by atoms with Gasteiger partial charge >= 0.3 is 0 Å². The molecule has 2 aromatic carbocycles. The average Bonchev–Trinajstić information content (AvgIpc) is 2.93. The van der Waals surface area contributed by atoms with Gasteiger partial charge in [-0.05, 0) is 43.2 Å². The minimum Gasteiger partial charge on any atom is -0.361 e. The molecule has 0 saturated heterocycles. The van der Waals surface area contributed by atoms with Gasteiger partial charge in [-0.25, -0.2) is 0 Å². The van der Waals surface area contributed by atoms with Crippen LogP contribution in [0.5, 0.6) is 0 Å². The number of carbonyl (C=O) groups is 1. The fourth-order valence-electron chi connectivity index (χ4n) is 2.80. The molecule has 1 heterocycles. The van der Waals surface area contributed by atoms with Crippen LogP contribution in [0.4, 0.5) is 0 Å². The van der Waals surface area contributed by atoms with E-state index in [0.29, 0.717) is 5.75 Å². The molecule has 0 aliphatic heterocycles. The molecule has 1 N–H and O–H groups in total. The Hall–Kier alpha value is -2.27. The largest absolute Gasteiger partial charge is 0.361 e. The average molecular weight is 354 g/mol. The summed E-state index contributed by atoms with van der Waals surface area (Å²) in [6.07, 6.45) is 0. The molecule has 4 nitrogen and oxygen atoms in total. The van der Waals surface area contributed by atoms with Crippen LogP contribution in [0.15, 0.2) is 47.0 Å². The number of hydrogen-bond acceptors (Lipinski definition) is 4. The van der Waals surface area contributed by atoms with Crippen molar-refractivity contribution in [2.75, 3.05) is 5.75 Å². The molecule has 0 fully saturated rings. The predicted molar refractivity (Wildman–Crippen MR) is 103 cm³/mol. The Labute approximate surface area is 152 Å². The zero-order valence-electron chi connectivity index (χ0n) is 14.7. The summed E-state index contributed by atoms with van der Waals surface area (Å²) in [5, 5.41) is 9.41. The van der Waals surface area contributed by atoms with E-state index in [9.17, 15) is 4.79 Å². The van der Waals surface area contributed by atoms with Crippen molar-refractivity contribution in [1.29, 1.82) is 0 Å². The summed E-state index contributed by atoms with van der Waals surface area (Å²) in [6.45, 7) is 5.84. The zero-order chi connectivity index (χ0) is 17.8. The van der Waals surface area contributed by atoms with Gasteiger partial charge in [0.25, 0.3) is 0 Å². The van der Waals surface area contributed by atoms with E-state index >= 15 is 0 Å². The SMILES string of the molecule is Cc1noc(C)c1CSCC(=O)N[C@H](C)c1ccc2ccccc2c1. The number of benzene rings is 2. The molecule has 0 spiro atoms. The number of aryl methyl sites for hydroxylation is 2. The first kappa shape index (κ1) is 17.5. The third kappa shape index (κ3) is 4.23. The lowest BCUT2D eigenvalue weighted by atomic mass is 10.0. The Morgan fingerprint density at radius 1 is 1.20 bits per heavy atom. The number of fused-ring (bicyclic) bond motifs is 1. The van der Waals surface area contributed by atoms with Crippen LogP contribution >= 0.6 is 11.8 Å². The minimum atomic E-state index is -0.0169. The monoisotopic (exact) mass is 354 g/mol. The summed E-state index contributed by atoms with van der Waals surface area (Å²) >= 11 is 1.58. The topological polar surface area (TPSA) is 55.1 Å². The molecule has 0 bridgehead atoms. The molecule has 3 aromatic rings. The summed E-state index contributed by atoms with van der Waals surface area (Å²) in [4.78, 5) is 12.2. The molecule has 1 amide bonds. The second kappa shape index (κ2) is 7.74. The second-order valence-corrected chi connectivity index (χ2v) is 7.18. The lowest BCUT2D eigenvalue weighted by Crippen LogP contribution is -2.28. The van der Waals surface area contributed by atoms with Crippen LogP contribution in [0, 0.1) is 13.8 Å². The summed E-state index contributed by atoms with van der Waals surface area (Å²) < 4.78 is 5.15. The van der Waals surface area contributed by atoms with E-state index in [4.69, 9.17) is 4.52 Å². The highest BCUT2D eigenvalue weighted by atomic mass is 32.2. The van der Waals surface area contributed by atoms with Crippen LogP contribution in [0.25, 0.3) is 10.8 Å². The van der Waals surface area contributed by atoms with Crippen molar-refractivity contribution >= 4 is 28.4 Å². The smallest absolute Gasteiger partial charge is 0.230 e. The Kier molecular flexibility index (Phi) is 5.43. The first-order valence-electron chi connectivity index (χ1n) is 8.32. The molecule has 0 saturated carbocycles. The van der Waals surface area contributed by atoms with Gasteiger partial charge in [-0.1, -0.05) is 41.6 Å². The highest BCUT2D eigenvalue weighted by Crippen LogP contribution is 2.21. The van der Waals surface area contributed by atoms with Crippen molar-refractivity contribution in [1.82, 2.24) is 10.5 Å². The summed E-state index contributed by atoms with van der Waals surface area (Å²) in [5.41, 5.74) is 3.10. The van der Waals surface area contributed by atoms with Crippen LogP contribution < -0.4 is 5.32 Å². The molecule has 0 aliphatic rings. The normalized spacial score (nSPS) is 12.3. The van der Waals surface area contributed by atoms with Gasteiger partial charge in [0, 0.05) is 11.3 Å². The van der Waals surface area contributed by atoms with Gasteiger partial charge in [-0.15, -0.1) is 11.8 Å². The number of nitrogens with one attached hydrogen (secondary N) is 1. The van der Waals surface area contributed by atoms with Gasteiger partial charge in [-0.3, -0.25) is 4.79 Å². The van der Waals surface area contributed by atoms with Crippen LogP contribution in [-0.2, 0) is 10.5 Å². The minimum absolute atomic E-state index is 0.0169. The van der Waals surface area contributed by atoms with Crippen molar-refractivity contribution in [3.05, 3.63) is 65.0 Å². The molecular formula is C20H22N2O2S. The van der Waals surface area contributed by atoms with Crippen molar-refractivity contribution in [3.8, 4) is 0 Å². The van der Waals surface area contributed by atoms with Crippen molar-refractivity contribution < 1.29 is 9.32 Å². The molecule has 25 heavy (non-hydrogen) atoms. The fraction of sp³-hybridized carbons (Fsp3) is 0.300. The molecule has 1 aromatic heterocycles. The first-order chi connectivity index (χ1) is 12.0. The molecule has 0 unspecified atom stereocenters. The van der Waals surface area contributed by atoms with E-state index in [-0.39, 0.29) is 11.9 Å². The molecule has 5 heteroatoms. The molecule has 3 rings (SSSR count). The molecule has 1 atom stereocenters. The number of rotatable bonds is 6. The maximum Gasteiger partial charge on any atom is 0.230 e. The van der Waals surface area contributed by atoms with Gasteiger partial charge in [0.2, 0.25) is 5.91 Å². The first-order valence-corrected chi connectivity index (χ1v) is 9.47. The summed E-state index contributed by atoms with van der Waals surface area (Å²) in [7, 11) is 0. The number of nitrogens with zero attached hydrogens (tertiary/aromatic N) is 1. The van der Waals surface area contributed by atoms with E-state index in [1.807, 2.05) is 32.9 Å². The lowest BCUT2D eigenvalue weighted by Gasteiger charge is -2.15. The zero-order valence-corrected chi connectivity index (χ0v) is 15.5. The summed E-state index contributed by atoms with van der Waals surface area (Å²) in [5.74, 6) is 2.02. The Bertz CT molecular complexity index is 869. The number of thioether (sulfide) groups is 1. The molecule has 0 aliphatic carbocycles. The maximum atomic E-state index is 12.2. The molecule has 0 radical (unpaired) electrons. The van der Waals surface area contributed by atoms with Crippen LogP contribution in [0.2, 0.25) is 0 Å². The van der Waals surface area contributed by atoms with Gasteiger partial charge in [0.1, 0.15) is 5.76 Å². The van der Waals surface area contributed by atoms with E-state index in [1.165, 1.54) is 10.8 Å². The quantitative estimate of drug-likeness (QED) is 0.705. The van der Waals surface area contributed by atoms with Crippen molar-refractivity contribution in [3.63, 3.8) is 0 Å². The third-order valence-corrected chi connectivity index (χ3v) is 5.27.